The van der Waals surface area contributed by atoms with Gasteiger partial charge in [0, 0.05) is 34.2 Å². The first-order chi connectivity index (χ1) is 19.9. The highest BCUT2D eigenvalue weighted by Crippen LogP contribution is 2.35. The molecule has 1 atom stereocenters. The molecule has 0 bridgehead atoms. The molecule has 1 aliphatic heterocycles. The number of aryl methyl sites for hydroxylation is 4. The second kappa shape index (κ2) is 11.3. The zero-order valence-electron chi connectivity index (χ0n) is 24.0. The van der Waals surface area contributed by atoms with Crippen molar-refractivity contribution < 1.29 is 27.5 Å². The standard InChI is InChI=1S/C31H32ClN3O6S/c1-17-15-24-26(41-21(5)30(36)33-24)16-27(17)42(38,39)34-31(37)28-20(4)35(25-10-7-6-9-23(25)28)11-8-12-40-22-13-18(2)29(32)19(3)14-22/h6-7,9-10,13-16,21H,8,11-12H2,1-5H3,(H,33,36)(H,34,37)/t21-/m1/s1. The number of hydrogen-bond donors (Lipinski definition) is 2. The molecule has 4 aromatic rings. The first kappa shape index (κ1) is 29.5. The molecule has 220 valence electrons. The highest BCUT2D eigenvalue weighted by Gasteiger charge is 2.30. The normalized spacial score (nSPS) is 14.7. The molecule has 2 amide bonds. The Labute approximate surface area is 249 Å². The van der Waals surface area contributed by atoms with E-state index in [2.05, 4.69) is 10.0 Å². The van der Waals surface area contributed by atoms with E-state index < -0.39 is 22.0 Å². The molecule has 2 heterocycles. The average molecular weight is 610 g/mol. The molecule has 42 heavy (non-hydrogen) atoms. The van der Waals surface area contributed by atoms with Crippen LogP contribution in [0, 0.1) is 27.7 Å². The van der Waals surface area contributed by atoms with Crippen LogP contribution in [0.15, 0.2) is 53.4 Å². The molecule has 1 aliphatic rings. The molecule has 11 heteroatoms. The molecular formula is C31H32ClN3O6S. The fraction of sp³-hybridized carbons (Fsp3) is 0.290. The van der Waals surface area contributed by atoms with Crippen LogP contribution in [0.3, 0.4) is 0 Å². The Kier molecular flexibility index (Phi) is 7.96. The quantitative estimate of drug-likeness (QED) is 0.243. The van der Waals surface area contributed by atoms with E-state index in [0.29, 0.717) is 41.9 Å². The van der Waals surface area contributed by atoms with Crippen LogP contribution in [-0.2, 0) is 21.4 Å². The summed E-state index contributed by atoms with van der Waals surface area (Å²) in [6.45, 7) is 9.84. The van der Waals surface area contributed by atoms with E-state index in [1.807, 2.05) is 48.7 Å². The van der Waals surface area contributed by atoms with Crippen LogP contribution in [0.4, 0.5) is 5.69 Å². The van der Waals surface area contributed by atoms with Gasteiger partial charge in [0.1, 0.15) is 11.5 Å². The van der Waals surface area contributed by atoms with Crippen LogP contribution in [0.1, 0.15) is 46.1 Å². The molecule has 0 unspecified atom stereocenters. The number of aromatic nitrogens is 1. The van der Waals surface area contributed by atoms with E-state index in [-0.39, 0.29) is 22.1 Å². The molecule has 9 nitrogen and oxygen atoms in total. The number of nitrogens with one attached hydrogen (secondary N) is 2. The molecule has 0 radical (unpaired) electrons. The van der Waals surface area contributed by atoms with Crippen LogP contribution in [0.2, 0.25) is 5.02 Å². The van der Waals surface area contributed by atoms with Crippen molar-refractivity contribution in [2.45, 2.75) is 58.6 Å². The summed E-state index contributed by atoms with van der Waals surface area (Å²) in [6, 6.07) is 14.1. The SMILES string of the molecule is Cc1cc2c(cc1S(=O)(=O)NC(=O)c1c(C)n(CCCOc3cc(C)c(Cl)c(C)c3)c3ccccc13)O[C@H](C)C(=O)N2. The monoisotopic (exact) mass is 609 g/mol. The molecule has 0 aliphatic carbocycles. The first-order valence-electron chi connectivity index (χ1n) is 13.5. The average Bonchev–Trinajstić information content (AvgIpc) is 3.21. The number of benzene rings is 3. The van der Waals surface area contributed by atoms with Gasteiger partial charge in [-0.1, -0.05) is 29.8 Å². The van der Waals surface area contributed by atoms with Crippen molar-refractivity contribution in [3.63, 3.8) is 0 Å². The molecular weight excluding hydrogens is 578 g/mol. The molecule has 5 rings (SSSR count). The Hall–Kier alpha value is -4.02. The molecule has 0 saturated carbocycles. The maximum absolute atomic E-state index is 13.6. The highest BCUT2D eigenvalue weighted by atomic mass is 35.5. The lowest BCUT2D eigenvalue weighted by Gasteiger charge is -2.24. The number of amides is 2. The van der Waals surface area contributed by atoms with Crippen LogP contribution < -0.4 is 19.5 Å². The number of anilines is 1. The van der Waals surface area contributed by atoms with E-state index in [0.717, 1.165) is 27.4 Å². The zero-order valence-corrected chi connectivity index (χ0v) is 25.6. The van der Waals surface area contributed by atoms with Crippen molar-refractivity contribution in [3.8, 4) is 11.5 Å². The summed E-state index contributed by atoms with van der Waals surface area (Å²) in [7, 11) is -4.27. The van der Waals surface area contributed by atoms with Gasteiger partial charge < -0.3 is 19.4 Å². The summed E-state index contributed by atoms with van der Waals surface area (Å²) in [6.07, 6.45) is -0.118. The number of nitrogens with zero attached hydrogens (tertiary/aromatic N) is 1. The van der Waals surface area contributed by atoms with Gasteiger partial charge in [-0.05, 0) is 82.0 Å². The van der Waals surface area contributed by atoms with Gasteiger partial charge in [0.15, 0.2) is 6.10 Å². The topological polar surface area (TPSA) is 116 Å². The molecule has 0 spiro atoms. The minimum Gasteiger partial charge on any atom is -0.494 e. The lowest BCUT2D eigenvalue weighted by atomic mass is 10.1. The van der Waals surface area contributed by atoms with E-state index in [1.165, 1.54) is 12.1 Å². The van der Waals surface area contributed by atoms with Crippen LogP contribution in [0.5, 0.6) is 11.5 Å². The number of rotatable bonds is 8. The van der Waals surface area contributed by atoms with Crippen molar-refractivity contribution in [2.24, 2.45) is 0 Å². The predicted octanol–water partition coefficient (Wildman–Crippen LogP) is 5.84. The van der Waals surface area contributed by atoms with Gasteiger partial charge in [-0.25, -0.2) is 13.1 Å². The Bertz CT molecular complexity index is 1820. The molecule has 0 fully saturated rings. The summed E-state index contributed by atoms with van der Waals surface area (Å²) < 4.78 is 42.7. The van der Waals surface area contributed by atoms with Crippen LogP contribution in [0.25, 0.3) is 10.9 Å². The number of para-hydroxylation sites is 1. The van der Waals surface area contributed by atoms with Crippen molar-refractivity contribution >= 4 is 50.0 Å². The molecule has 3 aromatic carbocycles. The van der Waals surface area contributed by atoms with Crippen molar-refractivity contribution in [1.82, 2.24) is 9.29 Å². The van der Waals surface area contributed by atoms with E-state index >= 15 is 0 Å². The molecule has 2 N–H and O–H groups in total. The van der Waals surface area contributed by atoms with E-state index in [9.17, 15) is 18.0 Å². The fourth-order valence-corrected chi connectivity index (χ4v) is 6.58. The van der Waals surface area contributed by atoms with Crippen molar-refractivity contribution in [2.75, 3.05) is 11.9 Å². The Balaban J connectivity index is 1.37. The minimum atomic E-state index is -4.27. The number of halogens is 1. The summed E-state index contributed by atoms with van der Waals surface area (Å²) in [5, 5.41) is 4.07. The number of hydrogen-bond acceptors (Lipinski definition) is 6. The fourth-order valence-electron chi connectivity index (χ4n) is 5.27. The predicted molar refractivity (Wildman–Crippen MR) is 162 cm³/mol. The summed E-state index contributed by atoms with van der Waals surface area (Å²) in [5.41, 5.74) is 4.38. The number of fused-ring (bicyclic) bond motifs is 2. The second-order valence-electron chi connectivity index (χ2n) is 10.5. The Morgan fingerprint density at radius 1 is 1.07 bits per heavy atom. The van der Waals surface area contributed by atoms with Gasteiger partial charge in [-0.2, -0.15) is 0 Å². The van der Waals surface area contributed by atoms with Crippen molar-refractivity contribution in [3.05, 3.63) is 81.5 Å². The lowest BCUT2D eigenvalue weighted by molar-refractivity contribution is -0.122. The summed E-state index contributed by atoms with van der Waals surface area (Å²) >= 11 is 6.26. The van der Waals surface area contributed by atoms with E-state index in [4.69, 9.17) is 21.1 Å². The number of sulfonamides is 1. The summed E-state index contributed by atoms with van der Waals surface area (Å²) in [4.78, 5) is 25.4. The Morgan fingerprint density at radius 3 is 2.48 bits per heavy atom. The van der Waals surface area contributed by atoms with Gasteiger partial charge >= 0.3 is 0 Å². The highest BCUT2D eigenvalue weighted by molar-refractivity contribution is 7.90. The largest absolute Gasteiger partial charge is 0.494 e. The third-order valence-corrected chi connectivity index (χ3v) is 9.46. The second-order valence-corrected chi connectivity index (χ2v) is 12.5. The number of carbonyl (C=O) groups is 2. The summed E-state index contributed by atoms with van der Waals surface area (Å²) in [5.74, 6) is -0.0853. The van der Waals surface area contributed by atoms with E-state index in [1.54, 1.807) is 26.8 Å². The maximum Gasteiger partial charge on any atom is 0.267 e. The molecule has 0 saturated heterocycles. The van der Waals surface area contributed by atoms with Gasteiger partial charge in [0.05, 0.1) is 22.8 Å². The van der Waals surface area contributed by atoms with Gasteiger partial charge in [0.2, 0.25) is 0 Å². The van der Waals surface area contributed by atoms with Crippen LogP contribution >= 0.6 is 11.6 Å². The van der Waals surface area contributed by atoms with Crippen molar-refractivity contribution in [1.29, 1.82) is 0 Å². The lowest BCUT2D eigenvalue weighted by Crippen LogP contribution is -2.35. The number of ether oxygens (including phenoxy) is 2. The third-order valence-electron chi connectivity index (χ3n) is 7.39. The Morgan fingerprint density at radius 2 is 1.76 bits per heavy atom. The zero-order chi connectivity index (χ0) is 30.3. The van der Waals surface area contributed by atoms with Crippen LogP contribution in [-0.4, -0.2) is 37.5 Å². The smallest absolute Gasteiger partial charge is 0.267 e. The first-order valence-corrected chi connectivity index (χ1v) is 15.4. The third kappa shape index (κ3) is 5.56. The van der Waals surface area contributed by atoms with Gasteiger partial charge in [-0.3, -0.25) is 9.59 Å². The maximum atomic E-state index is 13.6. The molecule has 1 aromatic heterocycles. The number of carbonyl (C=O) groups excluding carboxylic acids is 2. The van der Waals surface area contributed by atoms with Gasteiger partial charge in [-0.15, -0.1) is 0 Å². The van der Waals surface area contributed by atoms with Gasteiger partial charge in [0.25, 0.3) is 21.8 Å². The minimum absolute atomic E-state index is 0.107.